The predicted molar refractivity (Wildman–Crippen MR) is 69.1 cm³/mol. The zero-order valence-electron chi connectivity index (χ0n) is 11.7. The molecule has 0 bridgehead atoms. The third-order valence-electron chi connectivity index (χ3n) is 3.21. The van der Waals surface area contributed by atoms with Crippen LogP contribution in [0.1, 0.15) is 47.0 Å². The highest BCUT2D eigenvalue weighted by Gasteiger charge is 2.32. The maximum atomic E-state index is 12.1. The van der Waals surface area contributed by atoms with Crippen molar-refractivity contribution in [3.8, 4) is 0 Å². The lowest BCUT2D eigenvalue weighted by molar-refractivity contribution is 0.00598. The standard InChI is InChI=1S/C13H26N2O2/c1-10(14-5)11-8-6-7-9-15(11)12(16)17-13(2,3)4/h10-11,14H,6-9H2,1-5H3/t10-,11-/m0/s1. The van der Waals surface area contributed by atoms with Gasteiger partial charge in [0.2, 0.25) is 0 Å². The van der Waals surface area contributed by atoms with Crippen LogP contribution in [0.3, 0.4) is 0 Å². The minimum absolute atomic E-state index is 0.177. The van der Waals surface area contributed by atoms with Crippen molar-refractivity contribution in [3.05, 3.63) is 0 Å². The van der Waals surface area contributed by atoms with E-state index in [2.05, 4.69) is 12.2 Å². The summed E-state index contributed by atoms with van der Waals surface area (Å²) in [7, 11) is 1.94. The molecule has 1 fully saturated rings. The Labute approximate surface area is 105 Å². The Morgan fingerprint density at radius 1 is 1.41 bits per heavy atom. The van der Waals surface area contributed by atoms with E-state index in [4.69, 9.17) is 4.74 Å². The van der Waals surface area contributed by atoms with E-state index in [1.165, 1.54) is 6.42 Å². The van der Waals surface area contributed by atoms with Crippen LogP contribution in [0.15, 0.2) is 0 Å². The second-order valence-corrected chi connectivity index (χ2v) is 5.81. The van der Waals surface area contributed by atoms with Crippen LogP contribution in [0.5, 0.6) is 0 Å². The lowest BCUT2D eigenvalue weighted by atomic mass is 9.97. The lowest BCUT2D eigenvalue weighted by Gasteiger charge is -2.39. The van der Waals surface area contributed by atoms with Crippen molar-refractivity contribution < 1.29 is 9.53 Å². The smallest absolute Gasteiger partial charge is 0.410 e. The van der Waals surface area contributed by atoms with Gasteiger partial charge in [-0.05, 0) is 54.0 Å². The van der Waals surface area contributed by atoms with Crippen LogP contribution in [-0.4, -0.2) is 42.3 Å². The molecule has 1 amide bonds. The fourth-order valence-corrected chi connectivity index (χ4v) is 2.22. The molecule has 1 heterocycles. The summed E-state index contributed by atoms with van der Waals surface area (Å²) < 4.78 is 5.46. The maximum Gasteiger partial charge on any atom is 0.410 e. The van der Waals surface area contributed by atoms with Gasteiger partial charge >= 0.3 is 6.09 Å². The Kier molecular flexibility index (Phi) is 4.80. The molecule has 0 aromatic carbocycles. The highest BCUT2D eigenvalue weighted by molar-refractivity contribution is 5.68. The van der Waals surface area contributed by atoms with E-state index in [1.807, 2.05) is 32.7 Å². The number of carbonyl (C=O) groups is 1. The number of hydrogen-bond acceptors (Lipinski definition) is 3. The van der Waals surface area contributed by atoms with E-state index < -0.39 is 5.60 Å². The Hall–Kier alpha value is -0.770. The Morgan fingerprint density at radius 3 is 2.59 bits per heavy atom. The van der Waals surface area contributed by atoms with Crippen molar-refractivity contribution in [2.24, 2.45) is 0 Å². The molecule has 100 valence electrons. The van der Waals surface area contributed by atoms with Crippen molar-refractivity contribution in [1.82, 2.24) is 10.2 Å². The largest absolute Gasteiger partial charge is 0.444 e. The number of rotatable bonds is 2. The number of nitrogens with one attached hydrogen (secondary N) is 1. The molecule has 4 nitrogen and oxygen atoms in total. The molecule has 17 heavy (non-hydrogen) atoms. The molecule has 0 aromatic rings. The van der Waals surface area contributed by atoms with E-state index in [0.717, 1.165) is 19.4 Å². The van der Waals surface area contributed by atoms with Gasteiger partial charge in [0.25, 0.3) is 0 Å². The maximum absolute atomic E-state index is 12.1. The quantitative estimate of drug-likeness (QED) is 0.808. The number of amides is 1. The number of carbonyl (C=O) groups excluding carboxylic acids is 1. The summed E-state index contributed by atoms with van der Waals surface area (Å²) in [6, 6.07) is 0.561. The zero-order valence-corrected chi connectivity index (χ0v) is 11.7. The van der Waals surface area contributed by atoms with Gasteiger partial charge in [0.1, 0.15) is 5.60 Å². The first kappa shape index (κ1) is 14.3. The van der Waals surface area contributed by atoms with Crippen molar-refractivity contribution in [2.75, 3.05) is 13.6 Å². The van der Waals surface area contributed by atoms with Crippen LogP contribution >= 0.6 is 0 Å². The predicted octanol–water partition coefficient (Wildman–Crippen LogP) is 2.38. The number of piperidine rings is 1. The zero-order chi connectivity index (χ0) is 13.1. The van der Waals surface area contributed by atoms with Crippen LogP contribution in [0.4, 0.5) is 4.79 Å². The van der Waals surface area contributed by atoms with Gasteiger partial charge < -0.3 is 15.0 Å². The van der Waals surface area contributed by atoms with Crippen molar-refractivity contribution in [2.45, 2.75) is 64.6 Å². The summed E-state index contributed by atoms with van der Waals surface area (Å²) in [5, 5.41) is 3.23. The van der Waals surface area contributed by atoms with Gasteiger partial charge in [0.05, 0.1) is 6.04 Å². The van der Waals surface area contributed by atoms with Gasteiger partial charge in [-0.1, -0.05) is 0 Å². The first-order valence-electron chi connectivity index (χ1n) is 6.52. The van der Waals surface area contributed by atoms with Gasteiger partial charge in [-0.25, -0.2) is 4.79 Å². The molecule has 1 saturated heterocycles. The van der Waals surface area contributed by atoms with Gasteiger partial charge in [0, 0.05) is 12.6 Å². The van der Waals surface area contributed by atoms with Crippen molar-refractivity contribution in [1.29, 1.82) is 0 Å². The van der Waals surface area contributed by atoms with E-state index in [0.29, 0.717) is 6.04 Å². The van der Waals surface area contributed by atoms with Gasteiger partial charge in [-0.15, -0.1) is 0 Å². The molecule has 2 atom stereocenters. The number of likely N-dealkylation sites (tertiary alicyclic amines) is 1. The molecule has 0 aromatic heterocycles. The molecule has 1 rings (SSSR count). The Balaban J connectivity index is 2.67. The van der Waals surface area contributed by atoms with E-state index in [-0.39, 0.29) is 12.1 Å². The van der Waals surface area contributed by atoms with E-state index in [1.54, 1.807) is 0 Å². The molecule has 0 saturated carbocycles. The minimum atomic E-state index is -0.415. The second kappa shape index (κ2) is 5.71. The third-order valence-corrected chi connectivity index (χ3v) is 3.21. The number of nitrogens with zero attached hydrogens (tertiary/aromatic N) is 1. The number of hydrogen-bond donors (Lipinski definition) is 1. The van der Waals surface area contributed by atoms with Crippen molar-refractivity contribution in [3.63, 3.8) is 0 Å². The summed E-state index contributed by atoms with van der Waals surface area (Å²) in [4.78, 5) is 14.0. The van der Waals surface area contributed by atoms with Crippen molar-refractivity contribution >= 4 is 6.09 Å². The Morgan fingerprint density at radius 2 is 2.06 bits per heavy atom. The first-order chi connectivity index (χ1) is 7.85. The number of likely N-dealkylation sites (N-methyl/N-ethyl adjacent to an activating group) is 1. The van der Waals surface area contributed by atoms with Crippen LogP contribution in [0, 0.1) is 0 Å². The van der Waals surface area contributed by atoms with E-state index >= 15 is 0 Å². The highest BCUT2D eigenvalue weighted by atomic mass is 16.6. The minimum Gasteiger partial charge on any atom is -0.444 e. The summed E-state index contributed by atoms with van der Waals surface area (Å²) in [6.07, 6.45) is 3.15. The lowest BCUT2D eigenvalue weighted by Crippen LogP contribution is -2.53. The normalized spacial score (nSPS) is 23.4. The van der Waals surface area contributed by atoms with Crippen LogP contribution in [0.2, 0.25) is 0 Å². The molecule has 4 heteroatoms. The van der Waals surface area contributed by atoms with Crippen LogP contribution in [0.25, 0.3) is 0 Å². The third kappa shape index (κ3) is 4.19. The molecule has 0 spiro atoms. The molecular weight excluding hydrogens is 216 g/mol. The number of ether oxygens (including phenoxy) is 1. The van der Waals surface area contributed by atoms with Gasteiger partial charge in [0.15, 0.2) is 0 Å². The molecule has 1 N–H and O–H groups in total. The molecule has 1 aliphatic rings. The van der Waals surface area contributed by atoms with Gasteiger partial charge in [-0.2, -0.15) is 0 Å². The summed E-state index contributed by atoms with van der Waals surface area (Å²) >= 11 is 0. The average molecular weight is 242 g/mol. The van der Waals surface area contributed by atoms with Gasteiger partial charge in [-0.3, -0.25) is 0 Å². The first-order valence-corrected chi connectivity index (χ1v) is 6.52. The molecule has 0 unspecified atom stereocenters. The monoisotopic (exact) mass is 242 g/mol. The van der Waals surface area contributed by atoms with Crippen LogP contribution < -0.4 is 5.32 Å². The molecule has 1 aliphatic heterocycles. The summed E-state index contributed by atoms with van der Waals surface area (Å²) in [6.45, 7) is 8.65. The second-order valence-electron chi connectivity index (χ2n) is 5.81. The van der Waals surface area contributed by atoms with E-state index in [9.17, 15) is 4.79 Å². The molecular formula is C13H26N2O2. The summed E-state index contributed by atoms with van der Waals surface area (Å²) in [5.74, 6) is 0. The topological polar surface area (TPSA) is 41.6 Å². The SMILES string of the molecule is CN[C@@H](C)[C@@H]1CCCCN1C(=O)OC(C)(C)C. The fraction of sp³-hybridized carbons (Fsp3) is 0.923. The highest BCUT2D eigenvalue weighted by Crippen LogP contribution is 2.22. The van der Waals surface area contributed by atoms with Crippen LogP contribution in [-0.2, 0) is 4.74 Å². The molecule has 0 radical (unpaired) electrons. The summed E-state index contributed by atoms with van der Waals surface area (Å²) in [5.41, 5.74) is -0.415. The fourth-order valence-electron chi connectivity index (χ4n) is 2.22. The average Bonchev–Trinajstić information content (AvgIpc) is 2.25. The Bertz CT molecular complexity index is 261. The molecule has 0 aliphatic carbocycles.